The van der Waals surface area contributed by atoms with Gasteiger partial charge in [0.1, 0.15) is 36.2 Å². The summed E-state index contributed by atoms with van der Waals surface area (Å²) < 4.78 is 34.0. The van der Waals surface area contributed by atoms with Crippen LogP contribution in [-0.4, -0.2) is 81.3 Å². The van der Waals surface area contributed by atoms with E-state index >= 15 is 0 Å². The van der Waals surface area contributed by atoms with E-state index in [4.69, 9.17) is 33.0 Å². The van der Waals surface area contributed by atoms with Crippen LogP contribution in [0.1, 0.15) is 78.0 Å². The van der Waals surface area contributed by atoms with Crippen LogP contribution in [0, 0.1) is 5.21 Å². The summed E-state index contributed by atoms with van der Waals surface area (Å²) in [4.78, 5) is 74.4. The highest BCUT2D eigenvalue weighted by Gasteiger charge is 2.42. The summed E-state index contributed by atoms with van der Waals surface area (Å²) in [6.07, 6.45) is -0.461. The number of β-lactam (4-membered cyclic amide) rings is 1. The Labute approximate surface area is 395 Å². The molecule has 0 saturated carbocycles. The smallest absolute Gasteiger partial charge is 0.413 e. The topological polar surface area (TPSA) is 267 Å². The zero-order valence-electron chi connectivity index (χ0n) is 38.6. The first-order chi connectivity index (χ1) is 32.1. The first-order valence-corrected chi connectivity index (χ1v) is 22.0. The number of aromatic nitrogens is 3. The molecule has 5 aromatic rings. The van der Waals surface area contributed by atoms with E-state index in [2.05, 4.69) is 36.6 Å². The van der Waals surface area contributed by atoms with Gasteiger partial charge < -0.3 is 54.2 Å². The second kappa shape index (κ2) is 21.3. The molecule has 2 aromatic carbocycles. The number of carbonyl (C=O) groups is 5. The fraction of sp³-hybridized carbons (Fsp3) is 0.370. The molecule has 21 nitrogen and oxygen atoms in total. The van der Waals surface area contributed by atoms with Crippen LogP contribution in [0.3, 0.4) is 0 Å². The molecule has 22 heteroatoms. The lowest BCUT2D eigenvalue weighted by Crippen LogP contribution is -2.72. The summed E-state index contributed by atoms with van der Waals surface area (Å²) >= 11 is 0.948. The fourth-order valence-electron chi connectivity index (χ4n) is 5.88. The number of hydrogen-bond acceptors (Lipinski definition) is 17. The minimum absolute atomic E-state index is 0.0518. The Balaban J connectivity index is 1.07. The van der Waals surface area contributed by atoms with Crippen molar-refractivity contribution < 1.29 is 61.7 Å². The van der Waals surface area contributed by atoms with Crippen LogP contribution in [0.4, 0.5) is 14.7 Å². The lowest BCUT2D eigenvalue weighted by molar-refractivity contribution is -0.594. The monoisotopic (exact) mass is 956 g/mol. The van der Waals surface area contributed by atoms with Gasteiger partial charge in [-0.3, -0.25) is 14.9 Å². The maximum atomic E-state index is 13.8. The normalized spacial score (nSPS) is 14.9. The van der Waals surface area contributed by atoms with Gasteiger partial charge in [-0.2, -0.15) is 4.73 Å². The Bertz CT molecular complexity index is 2620. The van der Waals surface area contributed by atoms with E-state index in [0.29, 0.717) is 4.73 Å². The Hall–Kier alpha value is -7.75. The van der Waals surface area contributed by atoms with E-state index in [0.717, 1.165) is 22.5 Å². The van der Waals surface area contributed by atoms with Crippen molar-refractivity contribution >= 4 is 52.2 Å². The van der Waals surface area contributed by atoms with E-state index in [1.54, 1.807) is 41.5 Å². The third kappa shape index (κ3) is 14.1. The molecule has 360 valence electrons. The summed E-state index contributed by atoms with van der Waals surface area (Å²) in [5.74, 6) is -1.69. The number of rotatable bonds is 18. The molecule has 6 rings (SSSR count). The van der Waals surface area contributed by atoms with Crippen molar-refractivity contribution in [1.29, 1.82) is 0 Å². The van der Waals surface area contributed by atoms with Crippen LogP contribution in [0.15, 0.2) is 94.1 Å². The number of hydrogen-bond donors (Lipinski definition) is 4. The van der Waals surface area contributed by atoms with Gasteiger partial charge in [0.25, 0.3) is 5.91 Å². The number of nitrogens with zero attached hydrogens (tertiary/aromatic N) is 4. The summed E-state index contributed by atoms with van der Waals surface area (Å²) in [6, 6.07) is 19.8. The van der Waals surface area contributed by atoms with E-state index < -0.39 is 64.6 Å². The zero-order chi connectivity index (χ0) is 49.2. The first-order valence-electron chi connectivity index (χ1n) is 21.2. The van der Waals surface area contributed by atoms with Crippen LogP contribution in [0.2, 0.25) is 0 Å². The van der Waals surface area contributed by atoms with Gasteiger partial charge in [0.2, 0.25) is 29.1 Å². The van der Waals surface area contributed by atoms with E-state index in [1.165, 1.54) is 37.6 Å². The molecule has 4 heterocycles. The molecule has 4 amide bonds. The number of nitrogens with one attached hydrogen (secondary N) is 4. The van der Waals surface area contributed by atoms with Crippen molar-refractivity contribution in [2.45, 2.75) is 104 Å². The van der Waals surface area contributed by atoms with Gasteiger partial charge in [-0.1, -0.05) is 71.0 Å². The number of benzene rings is 2. The van der Waals surface area contributed by atoms with Gasteiger partial charge in [-0.25, -0.2) is 19.4 Å². The largest absolute Gasteiger partial charge is 0.618 e. The Morgan fingerprint density at radius 1 is 0.853 bits per heavy atom. The number of pyridine rings is 1. The number of thiazole rings is 1. The molecule has 68 heavy (non-hydrogen) atoms. The van der Waals surface area contributed by atoms with Crippen LogP contribution in [0.5, 0.6) is 11.5 Å². The van der Waals surface area contributed by atoms with Crippen LogP contribution >= 0.6 is 11.3 Å². The molecule has 0 bridgehead atoms. The van der Waals surface area contributed by atoms with E-state index in [9.17, 15) is 29.2 Å². The molecule has 0 spiro atoms. The average molecular weight is 957 g/mol. The first kappa shape index (κ1) is 49.7. The lowest BCUT2D eigenvalue weighted by atomic mass is 9.98. The second-order valence-corrected chi connectivity index (χ2v) is 18.5. The zero-order valence-corrected chi connectivity index (χ0v) is 39.4. The molecule has 2 atom stereocenters. The number of ether oxygens (including phenoxy) is 5. The number of oxime groups is 1. The Kier molecular flexibility index (Phi) is 15.5. The molecule has 0 unspecified atom stereocenters. The predicted octanol–water partition coefficient (Wildman–Crippen LogP) is 5.69. The summed E-state index contributed by atoms with van der Waals surface area (Å²) in [6.45, 7) is 12.7. The molecule has 1 aliphatic rings. The molecule has 0 radical (unpaired) electrons. The highest BCUT2D eigenvalue weighted by atomic mass is 32.1. The van der Waals surface area contributed by atoms with Crippen molar-refractivity contribution in [3.05, 3.63) is 112 Å². The minimum Gasteiger partial charge on any atom is -0.618 e. The van der Waals surface area contributed by atoms with Gasteiger partial charge >= 0.3 is 18.2 Å². The molecule has 0 aliphatic carbocycles. The number of carbonyl (C=O) groups excluding carboxylic acids is 5. The van der Waals surface area contributed by atoms with Gasteiger partial charge in [-0.15, -0.1) is 11.3 Å². The van der Waals surface area contributed by atoms with E-state index in [-0.39, 0.29) is 65.8 Å². The average Bonchev–Trinajstić information content (AvgIpc) is 3.94. The number of anilines is 1. The van der Waals surface area contributed by atoms with Gasteiger partial charge in [-0.05, 0) is 66.5 Å². The quantitative estimate of drug-likeness (QED) is 0.0156. The molecular weight excluding hydrogens is 905 g/mol. The molecule has 4 N–H and O–H groups in total. The van der Waals surface area contributed by atoms with Crippen molar-refractivity contribution in [3.63, 3.8) is 0 Å². The number of alkyl carbamates (subject to hydrolysis) is 1. The van der Waals surface area contributed by atoms with Gasteiger partial charge in [0.05, 0.1) is 12.1 Å². The van der Waals surface area contributed by atoms with Crippen molar-refractivity contribution in [2.75, 3.05) is 11.9 Å². The Morgan fingerprint density at radius 3 is 2.10 bits per heavy atom. The minimum atomic E-state index is -1.68. The second-order valence-electron chi connectivity index (χ2n) is 17.7. The van der Waals surface area contributed by atoms with Gasteiger partial charge in [0, 0.05) is 18.0 Å². The maximum Gasteiger partial charge on any atom is 0.413 e. The number of amides is 4. The molecule has 3 aromatic heterocycles. The highest BCUT2D eigenvalue weighted by molar-refractivity contribution is 7.14. The summed E-state index contributed by atoms with van der Waals surface area (Å²) in [5, 5.41) is 32.9. The number of esters is 1. The molecule has 1 fully saturated rings. The van der Waals surface area contributed by atoms with Crippen molar-refractivity contribution in [3.8, 4) is 22.9 Å². The van der Waals surface area contributed by atoms with Crippen LogP contribution in [0.25, 0.3) is 11.4 Å². The van der Waals surface area contributed by atoms with Crippen molar-refractivity contribution in [2.24, 2.45) is 5.16 Å². The van der Waals surface area contributed by atoms with Crippen molar-refractivity contribution in [1.82, 2.24) is 26.1 Å². The molecule has 1 aliphatic heterocycles. The van der Waals surface area contributed by atoms with Crippen LogP contribution in [-0.2, 0) is 53.3 Å². The lowest BCUT2D eigenvalue weighted by Gasteiger charge is -2.37. The highest BCUT2D eigenvalue weighted by Crippen LogP contribution is 2.31. The molecular formula is C46H52N8O13S. The van der Waals surface area contributed by atoms with Gasteiger partial charge in [0.15, 0.2) is 34.7 Å². The van der Waals surface area contributed by atoms with Crippen LogP contribution < -0.4 is 35.5 Å². The van der Waals surface area contributed by atoms with E-state index in [1.807, 2.05) is 60.7 Å². The summed E-state index contributed by atoms with van der Waals surface area (Å²) in [5.41, 5.74) is -1.86. The summed E-state index contributed by atoms with van der Waals surface area (Å²) in [7, 11) is 0. The fourth-order valence-corrected chi connectivity index (χ4v) is 6.56. The standard InChI is InChI=1S/C46H52N8O13S/c1-44(2,3)64-40(57)46(7,8)67-53-37(32-26-68-41(49-32)51-43(59)65-45(4,5)6)39(56)50-36-31(48-38(36)55)21-47-42(58)63-25-29-19-30(52-66-29)33-20-34(61-23-27-15-11-9-12-16-27)35(22-54(33)60)62-24-28-17-13-10-14-18-28/h9-20,22,26,31,36H,21,23-25H2,1-8H3,(H,47,58)(H,48,55)(H,50,56)(H,49,51,59)/t31-,36+/m1/s1. The third-order valence-corrected chi connectivity index (χ3v) is 9.97. The maximum absolute atomic E-state index is 13.8. The third-order valence-electron chi connectivity index (χ3n) is 9.21. The SMILES string of the molecule is CC(C)(C)OC(=O)Nc1nc(C(=NOC(C)(C)C(=O)OC(C)(C)C)C(=O)N[C@@H]2C(=O)N[C@@H]2CNC(=O)OCc2cc(-c3cc(OCc4ccccc4)c(OCc4ccccc4)c[n+]3[O-])no2)cs1. The Morgan fingerprint density at radius 2 is 1.49 bits per heavy atom. The molecule has 1 saturated heterocycles. The predicted molar refractivity (Wildman–Crippen MR) is 244 cm³/mol.